The van der Waals surface area contributed by atoms with Gasteiger partial charge in [0.15, 0.2) is 0 Å². The van der Waals surface area contributed by atoms with Crippen LogP contribution >= 0.6 is 12.2 Å². The van der Waals surface area contributed by atoms with Crippen LogP contribution < -0.4 is 5.73 Å². The van der Waals surface area contributed by atoms with Crippen LogP contribution in [0.15, 0.2) is 0 Å². The molecule has 0 radical (unpaired) electrons. The van der Waals surface area contributed by atoms with E-state index >= 15 is 0 Å². The first kappa shape index (κ1) is 10.9. The normalized spacial score (nSPS) is 18.8. The molecule has 1 aliphatic heterocycles. The molecule has 0 atom stereocenters. The number of thiocarbonyl (C=S) groups is 1. The average Bonchev–Trinajstić information content (AvgIpc) is 2.14. The molecule has 1 fully saturated rings. The van der Waals surface area contributed by atoms with E-state index in [1.807, 2.05) is 0 Å². The number of nitrogens with two attached hydrogens (primary N) is 1. The highest BCUT2D eigenvalue weighted by atomic mass is 32.1. The van der Waals surface area contributed by atoms with Crippen molar-refractivity contribution in [3.05, 3.63) is 0 Å². The van der Waals surface area contributed by atoms with Gasteiger partial charge in [-0.3, -0.25) is 0 Å². The molecule has 0 aromatic carbocycles. The minimum absolute atomic E-state index is 0.665. The molecule has 0 spiro atoms. The number of rotatable bonds is 5. The molecular weight excluding hydrogens is 180 g/mol. The van der Waals surface area contributed by atoms with Crippen LogP contribution in [-0.4, -0.2) is 29.5 Å². The first-order valence-corrected chi connectivity index (χ1v) is 5.70. The fourth-order valence-electron chi connectivity index (χ4n) is 1.82. The largest absolute Gasteiger partial charge is 0.393 e. The van der Waals surface area contributed by atoms with E-state index in [1.165, 1.54) is 45.3 Å². The second kappa shape index (κ2) is 6.33. The Labute approximate surface area is 86.5 Å². The van der Waals surface area contributed by atoms with Gasteiger partial charge in [-0.05, 0) is 51.7 Å². The van der Waals surface area contributed by atoms with Crippen molar-refractivity contribution in [2.45, 2.75) is 38.5 Å². The fraction of sp³-hybridized carbons (Fsp3) is 0.900. The van der Waals surface area contributed by atoms with Crippen molar-refractivity contribution in [2.24, 2.45) is 5.73 Å². The predicted molar refractivity (Wildman–Crippen MR) is 60.9 cm³/mol. The maximum atomic E-state index is 5.43. The summed E-state index contributed by atoms with van der Waals surface area (Å²) < 4.78 is 0. The molecule has 0 amide bonds. The van der Waals surface area contributed by atoms with Crippen LogP contribution in [-0.2, 0) is 0 Å². The summed E-state index contributed by atoms with van der Waals surface area (Å²) in [6.07, 6.45) is 7.51. The molecule has 1 rings (SSSR count). The predicted octanol–water partition coefficient (Wildman–Crippen LogP) is 1.93. The van der Waals surface area contributed by atoms with Crippen LogP contribution in [0.4, 0.5) is 0 Å². The average molecular weight is 200 g/mol. The van der Waals surface area contributed by atoms with E-state index in [2.05, 4.69) is 4.90 Å². The van der Waals surface area contributed by atoms with Gasteiger partial charge in [0.2, 0.25) is 0 Å². The topological polar surface area (TPSA) is 29.3 Å². The molecule has 2 N–H and O–H groups in total. The summed E-state index contributed by atoms with van der Waals surface area (Å²) in [5.74, 6) is 0. The van der Waals surface area contributed by atoms with Gasteiger partial charge < -0.3 is 10.6 Å². The molecule has 13 heavy (non-hydrogen) atoms. The van der Waals surface area contributed by atoms with E-state index in [9.17, 15) is 0 Å². The zero-order valence-electron chi connectivity index (χ0n) is 8.30. The van der Waals surface area contributed by atoms with Crippen LogP contribution in [0.25, 0.3) is 0 Å². The van der Waals surface area contributed by atoms with Gasteiger partial charge in [-0.25, -0.2) is 0 Å². The summed E-state index contributed by atoms with van der Waals surface area (Å²) in [5.41, 5.74) is 5.43. The van der Waals surface area contributed by atoms with Gasteiger partial charge in [-0.1, -0.05) is 18.6 Å². The second-order valence-electron chi connectivity index (χ2n) is 3.83. The van der Waals surface area contributed by atoms with Crippen LogP contribution in [0.2, 0.25) is 0 Å². The van der Waals surface area contributed by atoms with E-state index in [0.29, 0.717) is 4.99 Å². The smallest absolute Gasteiger partial charge is 0.0727 e. The zero-order chi connectivity index (χ0) is 9.52. The third-order valence-corrected chi connectivity index (χ3v) is 2.80. The third kappa shape index (κ3) is 5.21. The number of likely N-dealkylation sites (tertiary alicyclic amines) is 1. The lowest BCUT2D eigenvalue weighted by Gasteiger charge is -2.26. The van der Waals surface area contributed by atoms with Crippen molar-refractivity contribution in [1.29, 1.82) is 0 Å². The zero-order valence-corrected chi connectivity index (χ0v) is 9.11. The molecule has 2 nitrogen and oxygen atoms in total. The molecule has 76 valence electrons. The van der Waals surface area contributed by atoms with Crippen LogP contribution in [0, 0.1) is 0 Å². The molecule has 0 aromatic rings. The first-order chi connectivity index (χ1) is 6.29. The van der Waals surface area contributed by atoms with Crippen molar-refractivity contribution in [3.8, 4) is 0 Å². The van der Waals surface area contributed by atoms with Crippen LogP contribution in [0.5, 0.6) is 0 Å². The maximum absolute atomic E-state index is 5.43. The highest BCUT2D eigenvalue weighted by Gasteiger charge is 2.08. The summed E-state index contributed by atoms with van der Waals surface area (Å²) in [7, 11) is 0. The molecule has 3 heteroatoms. The van der Waals surface area contributed by atoms with Crippen molar-refractivity contribution in [3.63, 3.8) is 0 Å². The molecule has 1 heterocycles. The Morgan fingerprint density at radius 3 is 2.46 bits per heavy atom. The summed E-state index contributed by atoms with van der Waals surface area (Å²) in [4.78, 5) is 3.22. The van der Waals surface area contributed by atoms with Gasteiger partial charge in [0.05, 0.1) is 4.99 Å². The van der Waals surface area contributed by atoms with Gasteiger partial charge in [-0.2, -0.15) is 0 Å². The van der Waals surface area contributed by atoms with E-state index < -0.39 is 0 Å². The lowest BCUT2D eigenvalue weighted by atomic mass is 10.1. The molecule has 0 saturated carbocycles. The third-order valence-electron chi connectivity index (χ3n) is 2.60. The lowest BCUT2D eigenvalue weighted by Crippen LogP contribution is -2.30. The quantitative estimate of drug-likeness (QED) is 0.543. The number of hydrogen-bond donors (Lipinski definition) is 1. The van der Waals surface area contributed by atoms with Gasteiger partial charge in [-0.15, -0.1) is 0 Å². The van der Waals surface area contributed by atoms with Gasteiger partial charge in [0.1, 0.15) is 0 Å². The standard InChI is InChI=1S/C10H20N2S/c11-10(13)6-2-5-9-12-7-3-1-4-8-12/h1-9H2,(H2,11,13). The lowest BCUT2D eigenvalue weighted by molar-refractivity contribution is 0.225. The van der Waals surface area contributed by atoms with E-state index in [0.717, 1.165) is 12.8 Å². The summed E-state index contributed by atoms with van der Waals surface area (Å²) in [5, 5.41) is 0. The highest BCUT2D eigenvalue weighted by Crippen LogP contribution is 2.09. The Kier molecular flexibility index (Phi) is 5.32. The van der Waals surface area contributed by atoms with Gasteiger partial charge in [0, 0.05) is 0 Å². The Balaban J connectivity index is 1.95. The second-order valence-corrected chi connectivity index (χ2v) is 4.35. The molecule has 0 aliphatic carbocycles. The number of unbranched alkanes of at least 4 members (excludes halogenated alkanes) is 1. The van der Waals surface area contributed by atoms with E-state index in [-0.39, 0.29) is 0 Å². The summed E-state index contributed by atoms with van der Waals surface area (Å²) in [6.45, 7) is 3.84. The Bertz CT molecular complexity index is 153. The minimum Gasteiger partial charge on any atom is -0.393 e. The number of nitrogens with zero attached hydrogens (tertiary/aromatic N) is 1. The molecule has 0 aromatic heterocycles. The molecule has 1 saturated heterocycles. The Hall–Kier alpha value is -0.150. The maximum Gasteiger partial charge on any atom is 0.0727 e. The Morgan fingerprint density at radius 1 is 1.15 bits per heavy atom. The fourth-order valence-corrected chi connectivity index (χ4v) is 1.96. The summed E-state index contributed by atoms with van der Waals surface area (Å²) in [6, 6.07) is 0. The molecular formula is C10H20N2S. The molecule has 1 aliphatic rings. The molecule has 0 unspecified atom stereocenters. The number of piperidine rings is 1. The van der Waals surface area contributed by atoms with Gasteiger partial charge in [0.25, 0.3) is 0 Å². The van der Waals surface area contributed by atoms with E-state index in [4.69, 9.17) is 18.0 Å². The van der Waals surface area contributed by atoms with Crippen LogP contribution in [0.3, 0.4) is 0 Å². The minimum atomic E-state index is 0.665. The monoisotopic (exact) mass is 200 g/mol. The highest BCUT2D eigenvalue weighted by molar-refractivity contribution is 7.80. The van der Waals surface area contributed by atoms with Crippen molar-refractivity contribution < 1.29 is 0 Å². The summed E-state index contributed by atoms with van der Waals surface area (Å²) >= 11 is 4.83. The van der Waals surface area contributed by atoms with Crippen LogP contribution in [0.1, 0.15) is 38.5 Å². The number of hydrogen-bond acceptors (Lipinski definition) is 2. The molecule has 0 bridgehead atoms. The van der Waals surface area contributed by atoms with E-state index in [1.54, 1.807) is 0 Å². The van der Waals surface area contributed by atoms with Crippen molar-refractivity contribution >= 4 is 17.2 Å². The first-order valence-electron chi connectivity index (χ1n) is 5.30. The van der Waals surface area contributed by atoms with Gasteiger partial charge >= 0.3 is 0 Å². The SMILES string of the molecule is NC(=S)CCCCN1CCCCC1. The Morgan fingerprint density at radius 2 is 1.85 bits per heavy atom. The van der Waals surface area contributed by atoms with Crippen molar-refractivity contribution in [2.75, 3.05) is 19.6 Å². The van der Waals surface area contributed by atoms with Crippen molar-refractivity contribution in [1.82, 2.24) is 4.90 Å².